The number of benzene rings is 2. The number of hydrogen-bond donors (Lipinski definition) is 3. The van der Waals surface area contributed by atoms with Gasteiger partial charge in [-0.1, -0.05) is 0 Å². The van der Waals surface area contributed by atoms with Crippen LogP contribution in [0.1, 0.15) is 31.8 Å². The highest BCUT2D eigenvalue weighted by atomic mass is 16.7. The van der Waals surface area contributed by atoms with Crippen molar-refractivity contribution < 1.29 is 34.4 Å². The molecule has 0 unspecified atom stereocenters. The minimum Gasteiger partial charge on any atom is -0.507 e. The first-order chi connectivity index (χ1) is 10.4. The van der Waals surface area contributed by atoms with Gasteiger partial charge in [0.05, 0.1) is 11.1 Å². The van der Waals surface area contributed by atoms with Crippen molar-refractivity contribution in [2.75, 3.05) is 0 Å². The predicted molar refractivity (Wildman–Crippen MR) is 71.7 cm³/mol. The van der Waals surface area contributed by atoms with E-state index in [4.69, 9.17) is 5.11 Å². The minimum atomic E-state index is -1.56. The third-order valence-corrected chi connectivity index (χ3v) is 3.30. The summed E-state index contributed by atoms with van der Waals surface area (Å²) in [6.45, 7) is 0. The number of hydrogen-bond acceptors (Lipinski definition) is 6. The van der Waals surface area contributed by atoms with Gasteiger partial charge in [0, 0.05) is 11.1 Å². The molecule has 0 saturated carbocycles. The van der Waals surface area contributed by atoms with Crippen LogP contribution in [0, 0.1) is 0 Å². The summed E-state index contributed by atoms with van der Waals surface area (Å²) in [6, 6.07) is 5.79. The van der Waals surface area contributed by atoms with Crippen molar-refractivity contribution in [3.05, 3.63) is 52.6 Å². The van der Waals surface area contributed by atoms with Gasteiger partial charge in [-0.15, -0.1) is 0 Å². The minimum absolute atomic E-state index is 0.00358. The fraction of sp³-hybridized carbons (Fsp3) is 0. The van der Waals surface area contributed by atoms with Crippen molar-refractivity contribution in [2.45, 2.75) is 0 Å². The number of ketones is 2. The highest BCUT2D eigenvalue weighted by Gasteiger charge is 2.34. The van der Waals surface area contributed by atoms with E-state index in [1.807, 2.05) is 0 Å². The Hall–Kier alpha value is -3.35. The van der Waals surface area contributed by atoms with Crippen LogP contribution in [0.4, 0.5) is 4.79 Å². The van der Waals surface area contributed by atoms with Crippen molar-refractivity contribution in [1.82, 2.24) is 0 Å². The lowest BCUT2D eigenvalue weighted by atomic mass is 9.83. The van der Waals surface area contributed by atoms with Gasteiger partial charge in [0.2, 0.25) is 0 Å². The molecule has 110 valence electrons. The molecule has 3 N–H and O–H groups in total. The molecule has 1 aliphatic carbocycles. The van der Waals surface area contributed by atoms with Gasteiger partial charge in [0.15, 0.2) is 11.6 Å². The van der Waals surface area contributed by atoms with Crippen LogP contribution in [0.15, 0.2) is 30.3 Å². The Morgan fingerprint density at radius 1 is 0.864 bits per heavy atom. The molecule has 0 fully saturated rings. The van der Waals surface area contributed by atoms with Crippen LogP contribution in [0.3, 0.4) is 0 Å². The molecule has 1 aliphatic rings. The second kappa shape index (κ2) is 4.59. The lowest BCUT2D eigenvalue weighted by molar-refractivity contribution is 0.0973. The average molecular weight is 300 g/mol. The highest BCUT2D eigenvalue weighted by Crippen LogP contribution is 2.38. The molecule has 0 spiro atoms. The zero-order chi connectivity index (χ0) is 16.0. The van der Waals surface area contributed by atoms with Crippen LogP contribution in [-0.4, -0.2) is 33.0 Å². The van der Waals surface area contributed by atoms with Gasteiger partial charge in [-0.25, -0.2) is 4.79 Å². The summed E-state index contributed by atoms with van der Waals surface area (Å²) in [6.07, 6.45) is -1.56. The third kappa shape index (κ3) is 1.87. The van der Waals surface area contributed by atoms with Gasteiger partial charge in [0.1, 0.15) is 17.2 Å². The lowest BCUT2D eigenvalue weighted by Gasteiger charge is -2.19. The van der Waals surface area contributed by atoms with Gasteiger partial charge in [-0.05, 0) is 30.3 Å². The maximum Gasteiger partial charge on any atom is 0.511 e. The maximum absolute atomic E-state index is 12.4. The summed E-state index contributed by atoms with van der Waals surface area (Å²) in [5.41, 5.74) is -0.692. The normalized spacial score (nSPS) is 12.5. The molecule has 7 heteroatoms. The highest BCUT2D eigenvalue weighted by molar-refractivity contribution is 6.30. The van der Waals surface area contributed by atoms with E-state index in [1.165, 1.54) is 12.1 Å². The summed E-state index contributed by atoms with van der Waals surface area (Å²) in [7, 11) is 0. The van der Waals surface area contributed by atoms with Crippen LogP contribution in [-0.2, 0) is 0 Å². The first-order valence-corrected chi connectivity index (χ1v) is 6.09. The topological polar surface area (TPSA) is 121 Å². The fourth-order valence-electron chi connectivity index (χ4n) is 2.38. The van der Waals surface area contributed by atoms with E-state index in [9.17, 15) is 24.6 Å². The van der Waals surface area contributed by atoms with Crippen LogP contribution >= 0.6 is 0 Å². The Bertz CT molecular complexity index is 851. The Morgan fingerprint density at radius 3 is 1.95 bits per heavy atom. The molecule has 0 bridgehead atoms. The number of carbonyl (C=O) groups is 3. The Balaban J connectivity index is 2.23. The first kappa shape index (κ1) is 13.6. The summed E-state index contributed by atoms with van der Waals surface area (Å²) in [5.74, 6) is -2.33. The average Bonchev–Trinajstić information content (AvgIpc) is 2.46. The lowest BCUT2D eigenvalue weighted by Crippen LogP contribution is -2.21. The summed E-state index contributed by atoms with van der Waals surface area (Å²) in [4.78, 5) is 35.4. The zero-order valence-corrected chi connectivity index (χ0v) is 10.9. The van der Waals surface area contributed by atoms with E-state index in [1.54, 1.807) is 0 Å². The second-order valence-electron chi connectivity index (χ2n) is 4.59. The van der Waals surface area contributed by atoms with E-state index in [-0.39, 0.29) is 28.0 Å². The molecule has 0 aliphatic heterocycles. The van der Waals surface area contributed by atoms with Gasteiger partial charge in [0.25, 0.3) is 0 Å². The fourth-order valence-corrected chi connectivity index (χ4v) is 2.38. The van der Waals surface area contributed by atoms with Crippen molar-refractivity contribution in [1.29, 1.82) is 0 Å². The monoisotopic (exact) mass is 300 g/mol. The van der Waals surface area contributed by atoms with Crippen LogP contribution in [0.2, 0.25) is 0 Å². The van der Waals surface area contributed by atoms with Gasteiger partial charge in [-0.3, -0.25) is 9.59 Å². The predicted octanol–water partition coefficient (Wildman–Crippen LogP) is 1.93. The summed E-state index contributed by atoms with van der Waals surface area (Å²) in [5, 5.41) is 28.2. The van der Waals surface area contributed by atoms with E-state index >= 15 is 0 Å². The van der Waals surface area contributed by atoms with Crippen molar-refractivity contribution in [3.63, 3.8) is 0 Å². The SMILES string of the molecule is O=C(O)Oc1ccc2c(c1)C(=O)c1c(O)ccc(O)c1C2=O. The maximum atomic E-state index is 12.4. The van der Waals surface area contributed by atoms with E-state index in [0.29, 0.717) is 0 Å². The molecular formula is C15H8O7. The van der Waals surface area contributed by atoms with Crippen molar-refractivity contribution >= 4 is 17.7 Å². The van der Waals surface area contributed by atoms with Gasteiger partial charge in [-0.2, -0.15) is 0 Å². The molecule has 3 rings (SSSR count). The Morgan fingerprint density at radius 2 is 1.41 bits per heavy atom. The second-order valence-corrected chi connectivity index (χ2v) is 4.59. The number of phenolic OH excluding ortho intramolecular Hbond substituents is 2. The van der Waals surface area contributed by atoms with Crippen LogP contribution in [0.5, 0.6) is 17.2 Å². The number of carbonyl (C=O) groups excluding carboxylic acids is 2. The molecule has 7 nitrogen and oxygen atoms in total. The largest absolute Gasteiger partial charge is 0.511 e. The Labute approximate surface area is 123 Å². The molecule has 2 aromatic rings. The molecule has 0 heterocycles. The molecule has 0 radical (unpaired) electrons. The third-order valence-electron chi connectivity index (χ3n) is 3.30. The number of phenols is 2. The number of fused-ring (bicyclic) bond motifs is 2. The molecule has 0 atom stereocenters. The smallest absolute Gasteiger partial charge is 0.507 e. The van der Waals surface area contributed by atoms with Gasteiger partial charge < -0.3 is 20.1 Å². The molecule has 22 heavy (non-hydrogen) atoms. The van der Waals surface area contributed by atoms with E-state index in [0.717, 1.165) is 18.2 Å². The zero-order valence-electron chi connectivity index (χ0n) is 10.9. The number of carboxylic acid groups (broad SMARTS) is 1. The van der Waals surface area contributed by atoms with Crippen LogP contribution < -0.4 is 4.74 Å². The quantitative estimate of drug-likeness (QED) is 0.356. The number of rotatable bonds is 1. The first-order valence-electron chi connectivity index (χ1n) is 6.09. The summed E-state index contributed by atoms with van der Waals surface area (Å²) >= 11 is 0. The molecule has 2 aromatic carbocycles. The van der Waals surface area contributed by atoms with E-state index in [2.05, 4.69) is 4.74 Å². The number of ether oxygens (including phenoxy) is 1. The Kier molecular flexibility index (Phi) is 2.84. The van der Waals surface area contributed by atoms with Crippen molar-refractivity contribution in [2.24, 2.45) is 0 Å². The molecule has 0 saturated heterocycles. The number of aromatic hydroxyl groups is 2. The van der Waals surface area contributed by atoms with Crippen molar-refractivity contribution in [3.8, 4) is 17.2 Å². The molecule has 0 aromatic heterocycles. The van der Waals surface area contributed by atoms with Gasteiger partial charge >= 0.3 is 6.16 Å². The molecular weight excluding hydrogens is 292 g/mol. The van der Waals surface area contributed by atoms with Crippen LogP contribution in [0.25, 0.3) is 0 Å². The van der Waals surface area contributed by atoms with E-state index < -0.39 is 29.2 Å². The summed E-state index contributed by atoms with van der Waals surface area (Å²) < 4.78 is 4.45. The molecule has 0 amide bonds. The standard InChI is InChI=1S/C15H8O7/c16-9-3-4-10(17)12-11(9)13(18)7-2-1-6(22-15(20)21)5-8(7)14(12)19/h1-5,16-17H,(H,20,21).